The van der Waals surface area contributed by atoms with Crippen LogP contribution in [0, 0.1) is 0 Å². The molecule has 1 amide bonds. The van der Waals surface area contributed by atoms with E-state index < -0.39 is 17.8 Å². The van der Waals surface area contributed by atoms with Crippen molar-refractivity contribution in [3.63, 3.8) is 0 Å². The number of hydrogen-bond acceptors (Lipinski definition) is 5. The Balaban J connectivity index is 1.84. The summed E-state index contributed by atoms with van der Waals surface area (Å²) in [6, 6.07) is 12.8. The SMILES string of the molecule is CC(C)(C)OC(=O)N1[C@H](Cc2ccc(N)nc2)CC[C@@H]1[C@H](O)c1ccccc1. The molecule has 0 bridgehead atoms. The maximum Gasteiger partial charge on any atom is 0.410 e. The second kappa shape index (κ2) is 8.19. The van der Waals surface area contributed by atoms with Crippen LogP contribution < -0.4 is 5.73 Å². The third-order valence-electron chi connectivity index (χ3n) is 4.98. The highest BCUT2D eigenvalue weighted by Crippen LogP contribution is 2.35. The smallest absolute Gasteiger partial charge is 0.410 e. The van der Waals surface area contributed by atoms with Crippen LogP contribution in [-0.4, -0.2) is 38.8 Å². The molecule has 1 saturated heterocycles. The number of carbonyl (C=O) groups excluding carboxylic acids is 1. The fourth-order valence-corrected chi connectivity index (χ4v) is 3.72. The molecule has 0 radical (unpaired) electrons. The van der Waals surface area contributed by atoms with Gasteiger partial charge in [0, 0.05) is 12.2 Å². The van der Waals surface area contributed by atoms with E-state index in [9.17, 15) is 9.90 Å². The predicted octanol–water partition coefficient (Wildman–Crippen LogP) is 3.71. The lowest BCUT2D eigenvalue weighted by molar-refractivity contribution is -0.00453. The van der Waals surface area contributed by atoms with Crippen molar-refractivity contribution in [3.05, 3.63) is 59.8 Å². The highest BCUT2D eigenvalue weighted by molar-refractivity contribution is 5.69. The summed E-state index contributed by atoms with van der Waals surface area (Å²) in [5, 5.41) is 11.0. The summed E-state index contributed by atoms with van der Waals surface area (Å²) in [6.45, 7) is 5.55. The molecule has 3 N–H and O–H groups in total. The summed E-state index contributed by atoms with van der Waals surface area (Å²) >= 11 is 0. The third kappa shape index (κ3) is 4.81. The molecule has 0 aliphatic carbocycles. The maximum absolute atomic E-state index is 13.0. The number of benzene rings is 1. The normalized spacial score (nSPS) is 20.8. The molecule has 0 saturated carbocycles. The molecule has 6 nitrogen and oxygen atoms in total. The summed E-state index contributed by atoms with van der Waals surface area (Å²) in [6.07, 6.45) is 2.73. The van der Waals surface area contributed by atoms with Gasteiger partial charge in [-0.2, -0.15) is 0 Å². The van der Waals surface area contributed by atoms with E-state index in [1.165, 1.54) is 0 Å². The van der Waals surface area contributed by atoms with Crippen molar-refractivity contribution >= 4 is 11.9 Å². The molecule has 0 spiro atoms. The second-order valence-corrected chi connectivity index (χ2v) is 8.34. The molecule has 3 rings (SSSR count). The minimum atomic E-state index is -0.761. The number of hydrogen-bond donors (Lipinski definition) is 2. The molecular formula is C22H29N3O3. The van der Waals surface area contributed by atoms with E-state index in [-0.39, 0.29) is 12.1 Å². The van der Waals surface area contributed by atoms with Crippen LogP contribution in [0.1, 0.15) is 50.8 Å². The average Bonchev–Trinajstić information content (AvgIpc) is 3.06. The van der Waals surface area contributed by atoms with E-state index in [2.05, 4.69) is 4.98 Å². The van der Waals surface area contributed by atoms with Crippen LogP contribution in [0.3, 0.4) is 0 Å². The molecule has 6 heteroatoms. The van der Waals surface area contributed by atoms with Crippen LogP contribution in [0.5, 0.6) is 0 Å². The number of rotatable bonds is 4. The van der Waals surface area contributed by atoms with E-state index in [4.69, 9.17) is 10.5 Å². The van der Waals surface area contributed by atoms with Gasteiger partial charge in [0.2, 0.25) is 0 Å². The minimum Gasteiger partial charge on any atom is -0.444 e. The molecule has 2 aromatic rings. The van der Waals surface area contributed by atoms with Crippen molar-refractivity contribution in [3.8, 4) is 0 Å². The van der Waals surface area contributed by atoms with Crippen LogP contribution in [0.15, 0.2) is 48.7 Å². The highest BCUT2D eigenvalue weighted by Gasteiger charge is 2.42. The molecule has 1 fully saturated rings. The summed E-state index contributed by atoms with van der Waals surface area (Å²) in [5.41, 5.74) is 6.88. The largest absolute Gasteiger partial charge is 0.444 e. The quantitative estimate of drug-likeness (QED) is 0.840. The number of pyridine rings is 1. The summed E-state index contributed by atoms with van der Waals surface area (Å²) in [5.74, 6) is 0.469. The third-order valence-corrected chi connectivity index (χ3v) is 4.98. The first kappa shape index (κ1) is 20.1. The number of nitrogens with zero attached hydrogens (tertiary/aromatic N) is 2. The zero-order valence-electron chi connectivity index (χ0n) is 16.7. The lowest BCUT2D eigenvalue weighted by Gasteiger charge is -2.34. The van der Waals surface area contributed by atoms with Crippen LogP contribution in [-0.2, 0) is 11.2 Å². The number of aromatic nitrogens is 1. The second-order valence-electron chi connectivity index (χ2n) is 8.34. The van der Waals surface area contributed by atoms with Gasteiger partial charge in [-0.15, -0.1) is 0 Å². The number of ether oxygens (including phenoxy) is 1. The standard InChI is InChI=1S/C22H29N3O3/c1-22(2,3)28-21(27)25-17(13-15-9-12-19(23)24-14-15)10-11-18(25)20(26)16-7-5-4-6-8-16/h4-9,12,14,17-18,20,26H,10-11,13H2,1-3H3,(H2,23,24)/t17-,18+,20+/m0/s1. The van der Waals surface area contributed by atoms with E-state index in [1.54, 1.807) is 17.2 Å². The number of nitrogens with two attached hydrogens (primary N) is 1. The molecule has 1 aromatic heterocycles. The first-order valence-electron chi connectivity index (χ1n) is 9.69. The Bertz CT molecular complexity index is 787. The van der Waals surface area contributed by atoms with Crippen molar-refractivity contribution in [2.45, 2.75) is 63.8 Å². The van der Waals surface area contributed by atoms with Gasteiger partial charge in [0.1, 0.15) is 11.4 Å². The monoisotopic (exact) mass is 383 g/mol. The fourth-order valence-electron chi connectivity index (χ4n) is 3.72. The molecule has 1 aliphatic heterocycles. The zero-order chi connectivity index (χ0) is 20.3. The van der Waals surface area contributed by atoms with E-state index >= 15 is 0 Å². The van der Waals surface area contributed by atoms with Gasteiger partial charge in [-0.1, -0.05) is 36.4 Å². The van der Waals surface area contributed by atoms with Gasteiger partial charge in [-0.25, -0.2) is 9.78 Å². The van der Waals surface area contributed by atoms with Crippen LogP contribution in [0.2, 0.25) is 0 Å². The van der Waals surface area contributed by atoms with Crippen LogP contribution >= 0.6 is 0 Å². The molecule has 150 valence electrons. The van der Waals surface area contributed by atoms with Gasteiger partial charge < -0.3 is 15.6 Å². The molecule has 0 unspecified atom stereocenters. The molecule has 1 aliphatic rings. The lowest BCUT2D eigenvalue weighted by atomic mass is 10.0. The van der Waals surface area contributed by atoms with E-state index in [1.807, 2.05) is 57.2 Å². The topological polar surface area (TPSA) is 88.7 Å². The van der Waals surface area contributed by atoms with E-state index in [0.717, 1.165) is 17.5 Å². The van der Waals surface area contributed by atoms with Crippen molar-refractivity contribution in [2.24, 2.45) is 0 Å². The molecular weight excluding hydrogens is 354 g/mol. The number of aliphatic hydroxyl groups excluding tert-OH is 1. The van der Waals surface area contributed by atoms with Crippen LogP contribution in [0.25, 0.3) is 0 Å². The number of nitrogen functional groups attached to an aromatic ring is 1. The van der Waals surface area contributed by atoms with Gasteiger partial charge in [0.05, 0.1) is 12.1 Å². The molecule has 2 heterocycles. The maximum atomic E-state index is 13.0. The predicted molar refractivity (Wildman–Crippen MR) is 109 cm³/mol. The van der Waals surface area contributed by atoms with Gasteiger partial charge >= 0.3 is 6.09 Å². The summed E-state index contributed by atoms with van der Waals surface area (Å²) in [7, 11) is 0. The Hall–Kier alpha value is -2.60. The average molecular weight is 383 g/mol. The van der Waals surface area contributed by atoms with Gasteiger partial charge in [-0.05, 0) is 57.2 Å². The lowest BCUT2D eigenvalue weighted by Crippen LogP contribution is -2.47. The zero-order valence-corrected chi connectivity index (χ0v) is 16.7. The van der Waals surface area contributed by atoms with Crippen molar-refractivity contribution in [1.29, 1.82) is 0 Å². The van der Waals surface area contributed by atoms with Gasteiger partial charge in [-0.3, -0.25) is 4.90 Å². The molecule has 3 atom stereocenters. The number of amides is 1. The Morgan fingerprint density at radius 1 is 1.25 bits per heavy atom. The first-order chi connectivity index (χ1) is 13.2. The van der Waals surface area contributed by atoms with Crippen molar-refractivity contribution in [1.82, 2.24) is 9.88 Å². The van der Waals surface area contributed by atoms with Gasteiger partial charge in [0.25, 0.3) is 0 Å². The fraction of sp³-hybridized carbons (Fsp3) is 0.455. The van der Waals surface area contributed by atoms with Gasteiger partial charge in [0.15, 0.2) is 0 Å². The summed E-state index contributed by atoms with van der Waals surface area (Å²) in [4.78, 5) is 18.9. The minimum absolute atomic E-state index is 0.0661. The highest BCUT2D eigenvalue weighted by atomic mass is 16.6. The van der Waals surface area contributed by atoms with Crippen molar-refractivity contribution in [2.75, 3.05) is 5.73 Å². The van der Waals surface area contributed by atoms with Crippen LogP contribution in [0.4, 0.5) is 10.6 Å². The summed E-state index contributed by atoms with van der Waals surface area (Å²) < 4.78 is 5.67. The number of carbonyl (C=O) groups is 1. The Labute approximate surface area is 166 Å². The number of anilines is 1. The molecule has 1 aromatic carbocycles. The van der Waals surface area contributed by atoms with E-state index in [0.29, 0.717) is 18.7 Å². The molecule has 28 heavy (non-hydrogen) atoms. The first-order valence-corrected chi connectivity index (χ1v) is 9.69. The van der Waals surface area contributed by atoms with Crippen molar-refractivity contribution < 1.29 is 14.6 Å². The Morgan fingerprint density at radius 2 is 1.96 bits per heavy atom. The Morgan fingerprint density at radius 3 is 2.57 bits per heavy atom. The number of likely N-dealkylation sites (tertiary alicyclic amines) is 1. The Kier molecular flexibility index (Phi) is 5.89. The number of aliphatic hydroxyl groups is 1.